The van der Waals surface area contributed by atoms with E-state index in [0.717, 1.165) is 37.2 Å². The van der Waals surface area contributed by atoms with E-state index in [-0.39, 0.29) is 18.4 Å². The molecule has 3 heterocycles. The van der Waals surface area contributed by atoms with Gasteiger partial charge in [0.2, 0.25) is 5.91 Å². The molecular formula is C24H31N5O2S2. The molecule has 0 unspecified atom stereocenters. The van der Waals surface area contributed by atoms with Crippen LogP contribution in [0.1, 0.15) is 37.0 Å². The third-order valence-electron chi connectivity index (χ3n) is 5.23. The van der Waals surface area contributed by atoms with E-state index in [1.165, 1.54) is 17.0 Å². The van der Waals surface area contributed by atoms with Crippen LogP contribution in [0.5, 0.6) is 0 Å². The first kappa shape index (κ1) is 24.9. The maximum atomic E-state index is 12.2. The fourth-order valence-corrected chi connectivity index (χ4v) is 4.48. The predicted molar refractivity (Wildman–Crippen MR) is 139 cm³/mol. The molecule has 0 spiro atoms. The number of rotatable bonds is 6. The van der Waals surface area contributed by atoms with Crippen molar-refractivity contribution in [1.29, 1.82) is 0 Å². The van der Waals surface area contributed by atoms with Gasteiger partial charge >= 0.3 is 0 Å². The van der Waals surface area contributed by atoms with Crippen molar-refractivity contribution in [2.75, 3.05) is 29.9 Å². The quantitative estimate of drug-likeness (QED) is 0.451. The minimum Gasteiger partial charge on any atom is -0.371 e. The molecule has 4 rings (SSSR count). The van der Waals surface area contributed by atoms with E-state index in [0.29, 0.717) is 15.9 Å². The van der Waals surface area contributed by atoms with Gasteiger partial charge < -0.3 is 20.1 Å². The van der Waals surface area contributed by atoms with Crippen molar-refractivity contribution >= 4 is 46.6 Å². The molecule has 1 aliphatic heterocycles. The molecule has 1 aliphatic rings. The van der Waals surface area contributed by atoms with Crippen LogP contribution in [0.25, 0.3) is 11.3 Å². The molecule has 1 saturated heterocycles. The molecule has 33 heavy (non-hydrogen) atoms. The average molecular weight is 486 g/mol. The molecule has 0 bridgehead atoms. The highest BCUT2D eigenvalue weighted by atomic mass is 32.1. The highest BCUT2D eigenvalue weighted by molar-refractivity contribution is 7.80. The zero-order valence-corrected chi connectivity index (χ0v) is 21.0. The first-order valence-electron chi connectivity index (χ1n) is 11.2. The number of aromatic nitrogens is 2. The Kier molecular flexibility index (Phi) is 8.96. The standard InChI is InChI=1S/C22H25N5O2S2.C2H6/c1-26-8-5-16(13-26)21(29)23-12-20(28)25-22-24-19(14-31-22)15-3-2-4-17(11-15)27-9-6-18(30)7-10-27;1-2/h2-5,8,11,13-14,18,30H,6-7,9-10,12H2,1H3,(H,23,29)(H,24,25,28);1-2H3. The Balaban J connectivity index is 0.00000149. The fourth-order valence-electron chi connectivity index (χ4n) is 3.51. The summed E-state index contributed by atoms with van der Waals surface area (Å²) in [5.41, 5.74) is 3.53. The highest BCUT2D eigenvalue weighted by Crippen LogP contribution is 2.29. The summed E-state index contributed by atoms with van der Waals surface area (Å²) in [5.74, 6) is -0.595. The van der Waals surface area contributed by atoms with Crippen molar-refractivity contribution in [1.82, 2.24) is 14.9 Å². The first-order chi connectivity index (χ1) is 16.0. The minimum absolute atomic E-state index is 0.112. The van der Waals surface area contributed by atoms with E-state index in [1.807, 2.05) is 38.4 Å². The maximum Gasteiger partial charge on any atom is 0.253 e. The molecule has 0 atom stereocenters. The molecule has 9 heteroatoms. The number of nitrogens with zero attached hydrogens (tertiary/aromatic N) is 3. The third kappa shape index (κ3) is 6.85. The Labute approximate surface area is 204 Å². The summed E-state index contributed by atoms with van der Waals surface area (Å²) in [6.45, 7) is 5.90. The van der Waals surface area contributed by atoms with Crippen LogP contribution in [-0.4, -0.2) is 46.2 Å². The molecule has 7 nitrogen and oxygen atoms in total. The van der Waals surface area contributed by atoms with Gasteiger partial charge in [0.1, 0.15) is 0 Å². The van der Waals surface area contributed by atoms with Gasteiger partial charge in [-0.1, -0.05) is 26.0 Å². The minimum atomic E-state index is -0.312. The van der Waals surface area contributed by atoms with E-state index in [2.05, 4.69) is 45.3 Å². The zero-order chi connectivity index (χ0) is 23.8. The average Bonchev–Trinajstić information content (AvgIpc) is 3.48. The summed E-state index contributed by atoms with van der Waals surface area (Å²) in [6, 6.07) is 10.0. The molecule has 0 radical (unpaired) electrons. The van der Waals surface area contributed by atoms with Crippen LogP contribution in [0.15, 0.2) is 48.1 Å². The largest absolute Gasteiger partial charge is 0.371 e. The van der Waals surface area contributed by atoms with Gasteiger partial charge in [-0.2, -0.15) is 12.6 Å². The van der Waals surface area contributed by atoms with Crippen molar-refractivity contribution in [3.8, 4) is 11.3 Å². The first-order valence-corrected chi connectivity index (χ1v) is 12.6. The number of thiazole rings is 1. The Morgan fingerprint density at radius 1 is 1.21 bits per heavy atom. The van der Waals surface area contributed by atoms with Gasteiger partial charge in [0, 0.05) is 54.4 Å². The van der Waals surface area contributed by atoms with Crippen LogP contribution < -0.4 is 15.5 Å². The number of benzene rings is 1. The summed E-state index contributed by atoms with van der Waals surface area (Å²) in [7, 11) is 1.84. The molecule has 1 aromatic carbocycles. The lowest BCUT2D eigenvalue weighted by Gasteiger charge is -2.31. The molecule has 3 aromatic rings. The molecular weight excluding hydrogens is 454 g/mol. The number of aryl methyl sites for hydroxylation is 1. The Hall–Kier alpha value is -2.78. The van der Waals surface area contributed by atoms with Crippen molar-refractivity contribution in [3.63, 3.8) is 0 Å². The summed E-state index contributed by atoms with van der Waals surface area (Å²) in [5, 5.41) is 8.30. The van der Waals surface area contributed by atoms with E-state index >= 15 is 0 Å². The van der Waals surface area contributed by atoms with Crippen LogP contribution in [0.4, 0.5) is 10.8 Å². The van der Waals surface area contributed by atoms with Crippen molar-refractivity contribution in [2.45, 2.75) is 31.9 Å². The zero-order valence-electron chi connectivity index (χ0n) is 19.2. The molecule has 2 amide bonds. The number of carbonyl (C=O) groups excluding carboxylic acids is 2. The fraction of sp³-hybridized carbons (Fsp3) is 0.375. The number of thiol groups is 1. The van der Waals surface area contributed by atoms with Crippen LogP contribution >= 0.6 is 24.0 Å². The molecule has 0 saturated carbocycles. The third-order valence-corrected chi connectivity index (χ3v) is 6.50. The topological polar surface area (TPSA) is 79.3 Å². The lowest BCUT2D eigenvalue weighted by atomic mass is 10.1. The normalized spacial score (nSPS) is 13.8. The SMILES string of the molecule is CC.Cn1ccc(C(=O)NCC(=O)Nc2nc(-c3cccc(N4CCC(S)CC4)c3)cs2)c1. The van der Waals surface area contributed by atoms with Gasteiger partial charge in [0.25, 0.3) is 5.91 Å². The second kappa shape index (κ2) is 11.9. The van der Waals surface area contributed by atoms with Crippen molar-refractivity contribution < 1.29 is 9.59 Å². The molecule has 0 aliphatic carbocycles. The van der Waals surface area contributed by atoms with E-state index in [9.17, 15) is 9.59 Å². The molecule has 2 N–H and O–H groups in total. The second-order valence-corrected chi connectivity index (χ2v) is 9.19. The number of piperidine rings is 1. The predicted octanol–water partition coefficient (Wildman–Crippen LogP) is 4.44. The number of hydrogen-bond donors (Lipinski definition) is 3. The van der Waals surface area contributed by atoms with Crippen LogP contribution in [-0.2, 0) is 11.8 Å². The monoisotopic (exact) mass is 485 g/mol. The van der Waals surface area contributed by atoms with Gasteiger partial charge in [0.15, 0.2) is 5.13 Å². The van der Waals surface area contributed by atoms with Crippen molar-refractivity contribution in [3.05, 3.63) is 53.7 Å². The van der Waals surface area contributed by atoms with Gasteiger partial charge in [0.05, 0.1) is 17.8 Å². The van der Waals surface area contributed by atoms with Gasteiger partial charge in [-0.3, -0.25) is 9.59 Å². The number of carbonyl (C=O) groups is 2. The van der Waals surface area contributed by atoms with Crippen LogP contribution in [0, 0.1) is 0 Å². The lowest BCUT2D eigenvalue weighted by Crippen LogP contribution is -2.33. The summed E-state index contributed by atoms with van der Waals surface area (Å²) >= 11 is 5.94. The maximum absolute atomic E-state index is 12.2. The number of amides is 2. The van der Waals surface area contributed by atoms with E-state index in [1.54, 1.807) is 23.0 Å². The van der Waals surface area contributed by atoms with E-state index in [4.69, 9.17) is 0 Å². The lowest BCUT2D eigenvalue weighted by molar-refractivity contribution is -0.115. The number of anilines is 2. The Bertz CT molecular complexity index is 1070. The molecule has 1 fully saturated rings. The van der Waals surface area contributed by atoms with Gasteiger partial charge in [-0.15, -0.1) is 11.3 Å². The van der Waals surface area contributed by atoms with Gasteiger partial charge in [-0.05, 0) is 31.0 Å². The summed E-state index contributed by atoms with van der Waals surface area (Å²) < 4.78 is 1.78. The van der Waals surface area contributed by atoms with Gasteiger partial charge in [-0.25, -0.2) is 4.98 Å². The number of nitrogens with one attached hydrogen (secondary N) is 2. The summed E-state index contributed by atoms with van der Waals surface area (Å²) in [4.78, 5) is 31.2. The molecule has 2 aromatic heterocycles. The van der Waals surface area contributed by atoms with E-state index < -0.39 is 0 Å². The van der Waals surface area contributed by atoms with Crippen LogP contribution in [0.3, 0.4) is 0 Å². The smallest absolute Gasteiger partial charge is 0.253 e. The second-order valence-electron chi connectivity index (χ2n) is 7.60. The number of hydrogen-bond acceptors (Lipinski definition) is 6. The Morgan fingerprint density at radius 3 is 2.67 bits per heavy atom. The van der Waals surface area contributed by atoms with Crippen molar-refractivity contribution in [2.24, 2.45) is 7.05 Å². The Morgan fingerprint density at radius 2 is 1.97 bits per heavy atom. The molecule has 176 valence electrons. The summed E-state index contributed by atoms with van der Waals surface area (Å²) in [6.07, 6.45) is 5.65. The highest BCUT2D eigenvalue weighted by Gasteiger charge is 2.17. The van der Waals surface area contributed by atoms with Crippen LogP contribution in [0.2, 0.25) is 0 Å².